The molecule has 0 radical (unpaired) electrons. The summed E-state index contributed by atoms with van der Waals surface area (Å²) >= 11 is 0. The predicted molar refractivity (Wildman–Crippen MR) is 85.0 cm³/mol. The second-order valence-corrected chi connectivity index (χ2v) is 6.42. The first-order valence-corrected chi connectivity index (χ1v) is 7.96. The molecule has 2 bridgehead atoms. The maximum atomic E-state index is 12.9. The Morgan fingerprint density at radius 2 is 1.55 bits per heavy atom. The van der Waals surface area contributed by atoms with E-state index >= 15 is 0 Å². The first kappa shape index (κ1) is 13.5. The van der Waals surface area contributed by atoms with Gasteiger partial charge in [0.1, 0.15) is 0 Å². The third-order valence-corrected chi connectivity index (χ3v) is 5.45. The second kappa shape index (κ2) is 4.67. The fourth-order valence-corrected chi connectivity index (χ4v) is 4.37. The van der Waals surface area contributed by atoms with Crippen LogP contribution in [0.2, 0.25) is 0 Å². The van der Waals surface area contributed by atoms with Crippen LogP contribution in [-0.4, -0.2) is 11.8 Å². The molecule has 4 atom stereocenters. The lowest BCUT2D eigenvalue weighted by molar-refractivity contribution is -0.122. The summed E-state index contributed by atoms with van der Waals surface area (Å²) in [6.07, 6.45) is 5.26. The Kier molecular flexibility index (Phi) is 2.86. The molecule has 1 aliphatic heterocycles. The van der Waals surface area contributed by atoms with E-state index in [1.165, 1.54) is 16.0 Å². The lowest BCUT2D eigenvalue weighted by Gasteiger charge is -2.19. The molecule has 2 fully saturated rings. The van der Waals surface area contributed by atoms with E-state index < -0.39 is 0 Å². The number of carbonyl (C=O) groups excluding carboxylic acids is 2. The number of allylic oxidation sites excluding steroid dienone is 4. The van der Waals surface area contributed by atoms with Gasteiger partial charge in [-0.1, -0.05) is 48.4 Å². The van der Waals surface area contributed by atoms with Crippen molar-refractivity contribution in [3.8, 4) is 0 Å². The van der Waals surface area contributed by atoms with Crippen LogP contribution in [0, 0.1) is 23.7 Å². The molecule has 4 rings (SSSR count). The number of hydrogen-bond donors (Lipinski definition) is 0. The Hall–Kier alpha value is -2.16. The standard InChI is InChI=1S/C19H19NO2/c1-3-11(2)15-13-9-10-14(15)17-16(13)18(21)20(19(17)22)12-7-5-4-6-8-12/h4-10,13-14,16-17H,3H2,1-2H3/t13-,14-,16-,17+/m1/s1. The van der Waals surface area contributed by atoms with Gasteiger partial charge in [0.15, 0.2) is 0 Å². The van der Waals surface area contributed by atoms with E-state index in [1.54, 1.807) is 0 Å². The summed E-state index contributed by atoms with van der Waals surface area (Å²) in [6.45, 7) is 4.27. The molecule has 1 saturated heterocycles. The molecular formula is C19H19NO2. The average molecular weight is 293 g/mol. The summed E-state index contributed by atoms with van der Waals surface area (Å²) in [5.41, 5.74) is 3.36. The van der Waals surface area contributed by atoms with Crippen molar-refractivity contribution in [1.82, 2.24) is 0 Å². The number of imide groups is 1. The number of anilines is 1. The van der Waals surface area contributed by atoms with Crippen LogP contribution in [0.3, 0.4) is 0 Å². The molecule has 1 saturated carbocycles. The molecule has 0 spiro atoms. The summed E-state index contributed by atoms with van der Waals surface area (Å²) in [5, 5.41) is 0. The number of hydrogen-bond acceptors (Lipinski definition) is 2. The first-order valence-electron chi connectivity index (χ1n) is 7.96. The van der Waals surface area contributed by atoms with Gasteiger partial charge in [-0.25, -0.2) is 4.90 Å². The summed E-state index contributed by atoms with van der Waals surface area (Å²) in [6, 6.07) is 9.29. The van der Waals surface area contributed by atoms with Gasteiger partial charge in [-0.3, -0.25) is 9.59 Å². The lowest BCUT2D eigenvalue weighted by atomic mass is 9.85. The number of para-hydroxylation sites is 1. The highest BCUT2D eigenvalue weighted by molar-refractivity contribution is 6.23. The van der Waals surface area contributed by atoms with Crippen molar-refractivity contribution in [1.29, 1.82) is 0 Å². The quantitative estimate of drug-likeness (QED) is 0.619. The highest BCUT2D eigenvalue weighted by Crippen LogP contribution is 2.57. The zero-order valence-electron chi connectivity index (χ0n) is 12.8. The Bertz CT molecular complexity index is 682. The molecule has 3 heteroatoms. The van der Waals surface area contributed by atoms with Crippen molar-refractivity contribution in [2.75, 3.05) is 4.90 Å². The minimum absolute atomic E-state index is 0.0283. The van der Waals surface area contributed by atoms with Crippen molar-refractivity contribution < 1.29 is 9.59 Å². The molecule has 1 aromatic carbocycles. The molecule has 1 heterocycles. The van der Waals surface area contributed by atoms with E-state index in [-0.39, 0.29) is 35.5 Å². The van der Waals surface area contributed by atoms with Gasteiger partial charge in [0.25, 0.3) is 0 Å². The number of rotatable bonds is 2. The van der Waals surface area contributed by atoms with Gasteiger partial charge in [-0.2, -0.15) is 0 Å². The van der Waals surface area contributed by atoms with E-state index in [9.17, 15) is 9.59 Å². The summed E-state index contributed by atoms with van der Waals surface area (Å²) in [5.74, 6) is -0.197. The van der Waals surface area contributed by atoms with Crippen molar-refractivity contribution in [3.63, 3.8) is 0 Å². The largest absolute Gasteiger partial charge is 0.274 e. The van der Waals surface area contributed by atoms with Gasteiger partial charge >= 0.3 is 0 Å². The number of nitrogens with zero attached hydrogens (tertiary/aromatic N) is 1. The van der Waals surface area contributed by atoms with E-state index in [0.717, 1.165) is 6.42 Å². The number of carbonyl (C=O) groups is 2. The van der Waals surface area contributed by atoms with Crippen LogP contribution in [0.5, 0.6) is 0 Å². The van der Waals surface area contributed by atoms with Crippen molar-refractivity contribution in [2.45, 2.75) is 20.3 Å². The van der Waals surface area contributed by atoms with Crippen molar-refractivity contribution >= 4 is 17.5 Å². The number of fused-ring (bicyclic) bond motifs is 5. The van der Waals surface area contributed by atoms with Crippen molar-refractivity contribution in [2.24, 2.45) is 23.7 Å². The SMILES string of the molecule is CCC(C)=C1[C@H]2C=C[C@H]1[C@H]1C(=O)N(c3ccccc3)C(=O)[C@H]12. The maximum absolute atomic E-state index is 12.9. The van der Waals surface area contributed by atoms with E-state index in [2.05, 4.69) is 26.0 Å². The predicted octanol–water partition coefficient (Wildman–Crippen LogP) is 3.33. The van der Waals surface area contributed by atoms with Crippen LogP contribution >= 0.6 is 0 Å². The zero-order valence-corrected chi connectivity index (χ0v) is 12.8. The van der Waals surface area contributed by atoms with Gasteiger partial charge < -0.3 is 0 Å². The van der Waals surface area contributed by atoms with E-state index in [0.29, 0.717) is 5.69 Å². The van der Waals surface area contributed by atoms with Crippen LogP contribution in [0.1, 0.15) is 20.3 Å². The zero-order chi connectivity index (χ0) is 15.4. The smallest absolute Gasteiger partial charge is 0.238 e. The molecule has 2 amide bonds. The van der Waals surface area contributed by atoms with Crippen LogP contribution in [0.15, 0.2) is 53.6 Å². The van der Waals surface area contributed by atoms with Gasteiger partial charge in [0, 0.05) is 11.8 Å². The van der Waals surface area contributed by atoms with Crippen LogP contribution < -0.4 is 4.90 Å². The molecule has 3 nitrogen and oxygen atoms in total. The topological polar surface area (TPSA) is 37.4 Å². The van der Waals surface area contributed by atoms with Gasteiger partial charge in [-0.15, -0.1) is 0 Å². The third kappa shape index (κ3) is 1.57. The Morgan fingerprint density at radius 1 is 1.00 bits per heavy atom. The molecule has 2 aliphatic carbocycles. The minimum atomic E-state index is -0.195. The number of benzene rings is 1. The van der Waals surface area contributed by atoms with Crippen LogP contribution in [-0.2, 0) is 9.59 Å². The molecule has 0 unspecified atom stereocenters. The summed E-state index contributed by atoms with van der Waals surface area (Å²) in [4.78, 5) is 27.2. The molecule has 22 heavy (non-hydrogen) atoms. The third-order valence-electron chi connectivity index (χ3n) is 5.45. The molecule has 3 aliphatic rings. The first-order chi connectivity index (χ1) is 10.6. The summed E-state index contributed by atoms with van der Waals surface area (Å²) in [7, 11) is 0. The molecule has 0 aromatic heterocycles. The summed E-state index contributed by atoms with van der Waals surface area (Å²) < 4.78 is 0. The van der Waals surface area contributed by atoms with Crippen LogP contribution in [0.25, 0.3) is 0 Å². The molecule has 1 aromatic rings. The fraction of sp³-hybridized carbons (Fsp3) is 0.368. The maximum Gasteiger partial charge on any atom is 0.238 e. The van der Waals surface area contributed by atoms with Gasteiger partial charge in [0.05, 0.1) is 17.5 Å². The Morgan fingerprint density at radius 3 is 2.05 bits per heavy atom. The lowest BCUT2D eigenvalue weighted by Crippen LogP contribution is -2.33. The van der Waals surface area contributed by atoms with E-state index in [4.69, 9.17) is 0 Å². The monoisotopic (exact) mass is 293 g/mol. The second-order valence-electron chi connectivity index (χ2n) is 6.42. The van der Waals surface area contributed by atoms with Crippen LogP contribution in [0.4, 0.5) is 5.69 Å². The Labute approximate surface area is 130 Å². The molecular weight excluding hydrogens is 274 g/mol. The highest BCUT2D eigenvalue weighted by Gasteiger charge is 2.61. The highest BCUT2D eigenvalue weighted by atomic mass is 16.2. The van der Waals surface area contributed by atoms with Gasteiger partial charge in [-0.05, 0) is 25.5 Å². The minimum Gasteiger partial charge on any atom is -0.274 e. The molecule has 0 N–H and O–H groups in total. The van der Waals surface area contributed by atoms with Gasteiger partial charge in [0.2, 0.25) is 11.8 Å². The Balaban J connectivity index is 1.77. The normalized spacial score (nSPS) is 34.5. The fourth-order valence-electron chi connectivity index (χ4n) is 4.37. The number of amides is 2. The average Bonchev–Trinajstić information content (AvgIpc) is 3.17. The van der Waals surface area contributed by atoms with Crippen molar-refractivity contribution in [3.05, 3.63) is 53.6 Å². The molecule has 112 valence electrons. The van der Waals surface area contributed by atoms with E-state index in [1.807, 2.05) is 30.3 Å².